The maximum absolute atomic E-state index is 5.70. The van der Waals surface area contributed by atoms with E-state index in [1.54, 1.807) is 0 Å². The standard InChI is InChI=1S/C14H15NOS/c1-9(2)13-7-15-14(17-13)11-8-16-12-6-4-3-5-10(11)12/h3-7,9,11H,8H2,1-2H3. The van der Waals surface area contributed by atoms with E-state index in [2.05, 4.69) is 31.0 Å². The highest BCUT2D eigenvalue weighted by Gasteiger charge is 2.27. The average molecular weight is 245 g/mol. The monoisotopic (exact) mass is 245 g/mol. The summed E-state index contributed by atoms with van der Waals surface area (Å²) in [5.41, 5.74) is 1.28. The van der Waals surface area contributed by atoms with Crippen molar-refractivity contribution in [1.29, 1.82) is 0 Å². The van der Waals surface area contributed by atoms with Crippen molar-refractivity contribution in [3.8, 4) is 5.75 Å². The molecule has 2 aromatic rings. The lowest BCUT2D eigenvalue weighted by atomic mass is 10.0. The molecule has 1 unspecified atom stereocenters. The van der Waals surface area contributed by atoms with Crippen LogP contribution in [-0.2, 0) is 0 Å². The third kappa shape index (κ3) is 1.84. The lowest BCUT2D eigenvalue weighted by molar-refractivity contribution is 0.343. The van der Waals surface area contributed by atoms with Crippen molar-refractivity contribution in [2.75, 3.05) is 6.61 Å². The number of ether oxygens (including phenoxy) is 1. The van der Waals surface area contributed by atoms with E-state index in [0.717, 1.165) is 12.4 Å². The Morgan fingerprint density at radius 1 is 1.35 bits per heavy atom. The van der Waals surface area contributed by atoms with Crippen LogP contribution in [0.4, 0.5) is 0 Å². The predicted octanol–water partition coefficient (Wildman–Crippen LogP) is 3.79. The molecule has 0 amide bonds. The molecule has 3 rings (SSSR count). The van der Waals surface area contributed by atoms with E-state index in [4.69, 9.17) is 4.74 Å². The Hall–Kier alpha value is -1.35. The van der Waals surface area contributed by atoms with Crippen LogP contribution >= 0.6 is 11.3 Å². The molecular formula is C14H15NOS. The molecule has 1 aromatic heterocycles. The molecule has 1 aliphatic rings. The number of thiazole rings is 1. The third-order valence-corrected chi connectivity index (χ3v) is 4.52. The second-order valence-corrected chi connectivity index (χ2v) is 5.75. The molecule has 0 N–H and O–H groups in total. The Bertz CT molecular complexity index is 533. The molecule has 0 spiro atoms. The normalized spacial score (nSPS) is 18.2. The van der Waals surface area contributed by atoms with Crippen molar-refractivity contribution >= 4 is 11.3 Å². The molecule has 2 heterocycles. The van der Waals surface area contributed by atoms with Crippen molar-refractivity contribution < 1.29 is 4.74 Å². The first kappa shape index (κ1) is 10.8. The van der Waals surface area contributed by atoms with E-state index >= 15 is 0 Å². The highest BCUT2D eigenvalue weighted by atomic mass is 32.1. The minimum atomic E-state index is 0.323. The van der Waals surface area contributed by atoms with Crippen LogP contribution in [0.1, 0.15) is 41.1 Å². The number of hydrogen-bond donors (Lipinski definition) is 0. The fourth-order valence-electron chi connectivity index (χ4n) is 2.10. The van der Waals surface area contributed by atoms with E-state index < -0.39 is 0 Å². The highest BCUT2D eigenvalue weighted by molar-refractivity contribution is 7.11. The lowest BCUT2D eigenvalue weighted by Crippen LogP contribution is -2.01. The second kappa shape index (κ2) is 4.15. The van der Waals surface area contributed by atoms with Gasteiger partial charge in [0.25, 0.3) is 0 Å². The molecule has 1 aromatic carbocycles. The molecule has 0 saturated heterocycles. The Morgan fingerprint density at radius 2 is 2.18 bits per heavy atom. The maximum atomic E-state index is 5.70. The lowest BCUT2D eigenvalue weighted by Gasteiger charge is -2.04. The van der Waals surface area contributed by atoms with E-state index in [0.29, 0.717) is 11.8 Å². The first-order valence-corrected chi connectivity index (χ1v) is 6.74. The van der Waals surface area contributed by atoms with Crippen LogP contribution in [0.5, 0.6) is 5.75 Å². The molecule has 0 bridgehead atoms. The number of benzene rings is 1. The summed E-state index contributed by atoms with van der Waals surface area (Å²) < 4.78 is 5.70. The summed E-state index contributed by atoms with van der Waals surface area (Å²) >= 11 is 1.81. The van der Waals surface area contributed by atoms with Gasteiger partial charge in [-0.2, -0.15) is 0 Å². The molecule has 0 aliphatic carbocycles. The van der Waals surface area contributed by atoms with Gasteiger partial charge in [0.15, 0.2) is 0 Å². The van der Waals surface area contributed by atoms with Crippen LogP contribution in [0.25, 0.3) is 0 Å². The fourth-order valence-corrected chi connectivity index (χ4v) is 3.12. The fraction of sp³-hybridized carbons (Fsp3) is 0.357. The van der Waals surface area contributed by atoms with Crippen molar-refractivity contribution in [2.45, 2.75) is 25.7 Å². The topological polar surface area (TPSA) is 22.1 Å². The summed E-state index contributed by atoms with van der Waals surface area (Å²) in [6.07, 6.45) is 2.01. The van der Waals surface area contributed by atoms with Gasteiger partial charge in [0, 0.05) is 16.6 Å². The molecule has 88 valence electrons. The van der Waals surface area contributed by atoms with Crippen LogP contribution in [-0.4, -0.2) is 11.6 Å². The Kier molecular flexibility index (Phi) is 2.63. The first-order chi connectivity index (χ1) is 8.25. The quantitative estimate of drug-likeness (QED) is 0.803. The van der Waals surface area contributed by atoms with Crippen molar-refractivity contribution in [3.63, 3.8) is 0 Å². The summed E-state index contributed by atoms with van der Waals surface area (Å²) in [4.78, 5) is 5.91. The zero-order valence-electron chi connectivity index (χ0n) is 10.0. The van der Waals surface area contributed by atoms with E-state index in [1.165, 1.54) is 15.4 Å². The Morgan fingerprint density at radius 3 is 2.94 bits per heavy atom. The summed E-state index contributed by atoms with van der Waals surface area (Å²) in [5.74, 6) is 1.89. The van der Waals surface area contributed by atoms with Crippen LogP contribution in [0.2, 0.25) is 0 Å². The van der Waals surface area contributed by atoms with Gasteiger partial charge in [-0.25, -0.2) is 4.98 Å². The minimum Gasteiger partial charge on any atom is -0.492 e. The summed E-state index contributed by atoms with van der Waals surface area (Å²) in [6, 6.07) is 8.26. The average Bonchev–Trinajstić information content (AvgIpc) is 2.95. The molecule has 0 saturated carbocycles. The zero-order valence-corrected chi connectivity index (χ0v) is 10.8. The summed E-state index contributed by atoms with van der Waals surface area (Å²) in [6.45, 7) is 5.14. The van der Waals surface area contributed by atoms with Crippen LogP contribution in [0, 0.1) is 0 Å². The van der Waals surface area contributed by atoms with Gasteiger partial charge in [-0.05, 0) is 12.0 Å². The number of aromatic nitrogens is 1. The van der Waals surface area contributed by atoms with Crippen LogP contribution < -0.4 is 4.74 Å². The third-order valence-electron chi connectivity index (χ3n) is 3.11. The number of nitrogens with zero attached hydrogens (tertiary/aromatic N) is 1. The van der Waals surface area contributed by atoms with Gasteiger partial charge >= 0.3 is 0 Å². The Balaban J connectivity index is 1.95. The number of rotatable bonds is 2. The minimum absolute atomic E-state index is 0.323. The van der Waals surface area contributed by atoms with Gasteiger partial charge in [0.05, 0.1) is 5.92 Å². The van der Waals surface area contributed by atoms with Gasteiger partial charge in [0.2, 0.25) is 0 Å². The van der Waals surface area contributed by atoms with E-state index in [-0.39, 0.29) is 0 Å². The van der Waals surface area contributed by atoms with Gasteiger partial charge < -0.3 is 4.74 Å². The number of hydrogen-bond acceptors (Lipinski definition) is 3. The molecular weight excluding hydrogens is 230 g/mol. The maximum Gasteiger partial charge on any atom is 0.123 e. The largest absolute Gasteiger partial charge is 0.492 e. The number of fused-ring (bicyclic) bond motifs is 1. The van der Waals surface area contributed by atoms with Gasteiger partial charge in [-0.1, -0.05) is 32.0 Å². The van der Waals surface area contributed by atoms with Gasteiger partial charge in [-0.3, -0.25) is 0 Å². The molecule has 17 heavy (non-hydrogen) atoms. The van der Waals surface area contributed by atoms with Gasteiger partial charge in [0.1, 0.15) is 17.4 Å². The Labute approximate surface area is 105 Å². The van der Waals surface area contributed by atoms with Crippen molar-refractivity contribution in [2.24, 2.45) is 0 Å². The smallest absolute Gasteiger partial charge is 0.123 e. The van der Waals surface area contributed by atoms with Crippen molar-refractivity contribution in [3.05, 3.63) is 45.9 Å². The molecule has 0 radical (unpaired) electrons. The molecule has 0 fully saturated rings. The van der Waals surface area contributed by atoms with E-state index in [1.807, 2.05) is 29.7 Å². The second-order valence-electron chi connectivity index (χ2n) is 4.66. The summed E-state index contributed by atoms with van der Waals surface area (Å²) in [7, 11) is 0. The zero-order chi connectivity index (χ0) is 11.8. The molecule has 1 aliphatic heterocycles. The van der Waals surface area contributed by atoms with Crippen molar-refractivity contribution in [1.82, 2.24) is 4.98 Å². The molecule has 1 atom stereocenters. The molecule has 3 heteroatoms. The number of para-hydroxylation sites is 1. The van der Waals surface area contributed by atoms with Gasteiger partial charge in [-0.15, -0.1) is 11.3 Å². The molecule has 2 nitrogen and oxygen atoms in total. The van der Waals surface area contributed by atoms with Crippen LogP contribution in [0.15, 0.2) is 30.5 Å². The van der Waals surface area contributed by atoms with Crippen LogP contribution in [0.3, 0.4) is 0 Å². The highest BCUT2D eigenvalue weighted by Crippen LogP contribution is 2.39. The predicted molar refractivity (Wildman–Crippen MR) is 70.0 cm³/mol. The van der Waals surface area contributed by atoms with E-state index in [9.17, 15) is 0 Å². The first-order valence-electron chi connectivity index (χ1n) is 5.93. The summed E-state index contributed by atoms with van der Waals surface area (Å²) in [5, 5.41) is 1.18. The SMILES string of the molecule is CC(C)c1cnc(C2COc3ccccc32)s1.